The average molecular weight is 454 g/mol. The normalized spacial score (nSPS) is 16.4. The van der Waals surface area contributed by atoms with Crippen molar-refractivity contribution in [3.8, 4) is 0 Å². The van der Waals surface area contributed by atoms with Crippen molar-refractivity contribution in [3.05, 3.63) is 69.1 Å². The van der Waals surface area contributed by atoms with E-state index in [1.807, 2.05) is 0 Å². The van der Waals surface area contributed by atoms with Gasteiger partial charge in [0.1, 0.15) is 6.61 Å². The number of amides is 2. The molecule has 1 aliphatic heterocycles. The molecule has 2 aromatic rings. The highest BCUT2D eigenvalue weighted by atomic mass is 32.1. The summed E-state index contributed by atoms with van der Waals surface area (Å²) in [5.41, 5.74) is -1.29. The Morgan fingerprint density at radius 2 is 1.90 bits per heavy atom. The summed E-state index contributed by atoms with van der Waals surface area (Å²) in [6.07, 6.45) is -4.62. The van der Waals surface area contributed by atoms with Crippen molar-refractivity contribution < 1.29 is 37.0 Å². The lowest BCUT2D eigenvalue weighted by molar-refractivity contribution is -0.139. The van der Waals surface area contributed by atoms with E-state index in [0.717, 1.165) is 12.1 Å². The number of ether oxygens (including phenoxy) is 2. The van der Waals surface area contributed by atoms with Crippen molar-refractivity contribution in [2.45, 2.75) is 19.1 Å². The van der Waals surface area contributed by atoms with Gasteiger partial charge in [-0.05, 0) is 36.6 Å². The number of carbonyl (C=O) groups is 3. The molecule has 0 saturated heterocycles. The molecule has 11 heteroatoms. The summed E-state index contributed by atoms with van der Waals surface area (Å²) in [5, 5.41) is 6.80. The number of hydrogen-bond acceptors (Lipinski definition) is 6. The lowest BCUT2D eigenvalue weighted by Gasteiger charge is -2.28. The fourth-order valence-electron chi connectivity index (χ4n) is 2.89. The van der Waals surface area contributed by atoms with Crippen LogP contribution in [0, 0.1) is 0 Å². The van der Waals surface area contributed by atoms with E-state index < -0.39 is 42.4 Å². The van der Waals surface area contributed by atoms with Crippen molar-refractivity contribution in [1.29, 1.82) is 0 Å². The number of alkyl halides is 3. The lowest BCUT2D eigenvalue weighted by Crippen LogP contribution is -2.46. The Morgan fingerprint density at radius 1 is 1.13 bits per heavy atom. The largest absolute Gasteiger partial charge is 0.463 e. The number of halogens is 3. The second-order valence-electron chi connectivity index (χ2n) is 6.31. The molecule has 0 spiro atoms. The highest BCUT2D eigenvalue weighted by molar-refractivity contribution is 7.10. The van der Waals surface area contributed by atoms with Crippen LogP contribution in [0.15, 0.2) is 53.0 Å². The van der Waals surface area contributed by atoms with E-state index in [-0.39, 0.29) is 23.4 Å². The summed E-state index contributed by atoms with van der Waals surface area (Å²) in [5.74, 6) is -1.76. The van der Waals surface area contributed by atoms with E-state index in [1.165, 1.54) is 17.4 Å². The van der Waals surface area contributed by atoms with Crippen LogP contribution in [0.25, 0.3) is 0 Å². The number of nitrogens with one attached hydrogen (secondary N) is 2. The number of rotatable bonds is 6. The van der Waals surface area contributed by atoms with Crippen LogP contribution in [0.3, 0.4) is 0 Å². The quantitative estimate of drug-likeness (QED) is 0.648. The molecule has 2 amide bonds. The zero-order valence-corrected chi connectivity index (χ0v) is 16.9. The van der Waals surface area contributed by atoms with Gasteiger partial charge in [0, 0.05) is 4.88 Å². The first-order valence-corrected chi connectivity index (χ1v) is 9.94. The van der Waals surface area contributed by atoms with Crippen molar-refractivity contribution >= 4 is 29.3 Å². The zero-order chi connectivity index (χ0) is 22.6. The van der Waals surface area contributed by atoms with Crippen LogP contribution in [-0.2, 0) is 20.4 Å². The molecule has 1 aliphatic rings. The molecule has 3 rings (SSSR count). The van der Waals surface area contributed by atoms with Crippen LogP contribution in [0.4, 0.5) is 18.0 Å². The maximum Gasteiger partial charge on any atom is 0.416 e. The molecule has 31 heavy (non-hydrogen) atoms. The summed E-state index contributed by atoms with van der Waals surface area (Å²) in [6.45, 7) is 1.14. The van der Waals surface area contributed by atoms with E-state index in [2.05, 4.69) is 10.6 Å². The molecule has 1 aromatic heterocycles. The Morgan fingerprint density at radius 3 is 2.55 bits per heavy atom. The molecular formula is C20H17F3N2O5S. The maximum absolute atomic E-state index is 12.9. The number of carbonyl (C=O) groups excluding carboxylic acids is 3. The first kappa shape index (κ1) is 22.3. The highest BCUT2D eigenvalue weighted by Gasteiger charge is 2.35. The third kappa shape index (κ3) is 5.23. The molecule has 2 N–H and O–H groups in total. The van der Waals surface area contributed by atoms with E-state index in [0.29, 0.717) is 10.9 Å². The van der Waals surface area contributed by atoms with Crippen molar-refractivity contribution in [2.24, 2.45) is 0 Å². The van der Waals surface area contributed by atoms with Gasteiger partial charge >= 0.3 is 24.1 Å². The molecule has 0 bridgehead atoms. The molecule has 0 saturated carbocycles. The van der Waals surface area contributed by atoms with Gasteiger partial charge in [0.05, 0.1) is 35.0 Å². The molecule has 0 fully saturated rings. The Labute approximate surface area is 178 Å². The van der Waals surface area contributed by atoms with Gasteiger partial charge in [-0.1, -0.05) is 12.1 Å². The Balaban J connectivity index is 1.87. The third-order valence-electron chi connectivity index (χ3n) is 4.25. The van der Waals surface area contributed by atoms with Gasteiger partial charge in [0.2, 0.25) is 0 Å². The van der Waals surface area contributed by atoms with Crippen LogP contribution >= 0.6 is 11.3 Å². The van der Waals surface area contributed by atoms with Gasteiger partial charge in [-0.25, -0.2) is 14.4 Å². The van der Waals surface area contributed by atoms with Gasteiger partial charge in [-0.2, -0.15) is 13.2 Å². The summed E-state index contributed by atoms with van der Waals surface area (Å²) < 4.78 is 48.8. The SMILES string of the molecule is CCOC(=O)C1=C(COC(=O)c2cccc(C(F)(F)F)c2)NC(=O)NC1c1cccs1. The fraction of sp³-hybridized carbons (Fsp3) is 0.250. The summed E-state index contributed by atoms with van der Waals surface area (Å²) in [4.78, 5) is 37.6. The third-order valence-corrected chi connectivity index (χ3v) is 5.19. The Bertz CT molecular complexity index is 1020. The topological polar surface area (TPSA) is 93.7 Å². The van der Waals surface area contributed by atoms with Gasteiger partial charge in [-0.3, -0.25) is 0 Å². The predicted molar refractivity (Wildman–Crippen MR) is 104 cm³/mol. The van der Waals surface area contributed by atoms with Gasteiger partial charge in [0.15, 0.2) is 0 Å². The predicted octanol–water partition coefficient (Wildman–Crippen LogP) is 3.80. The first-order chi connectivity index (χ1) is 14.7. The van der Waals surface area contributed by atoms with Crippen molar-refractivity contribution in [1.82, 2.24) is 10.6 Å². The molecule has 0 radical (unpaired) electrons. The van der Waals surface area contributed by atoms with Gasteiger partial charge in [0.25, 0.3) is 0 Å². The summed E-state index contributed by atoms with van der Waals surface area (Å²) >= 11 is 1.30. The van der Waals surface area contributed by atoms with Crippen LogP contribution in [-0.4, -0.2) is 31.2 Å². The smallest absolute Gasteiger partial charge is 0.416 e. The molecule has 2 heterocycles. The van der Waals surface area contributed by atoms with E-state index >= 15 is 0 Å². The molecule has 164 valence electrons. The monoisotopic (exact) mass is 454 g/mol. The number of hydrogen-bond donors (Lipinski definition) is 2. The highest BCUT2D eigenvalue weighted by Crippen LogP contribution is 2.31. The van der Waals surface area contributed by atoms with Crippen molar-refractivity contribution in [3.63, 3.8) is 0 Å². The minimum absolute atomic E-state index is 0.0130. The number of benzene rings is 1. The fourth-order valence-corrected chi connectivity index (χ4v) is 3.68. The molecule has 0 aliphatic carbocycles. The second kappa shape index (κ2) is 9.21. The van der Waals surface area contributed by atoms with E-state index in [1.54, 1.807) is 24.4 Å². The summed E-state index contributed by atoms with van der Waals surface area (Å²) in [7, 11) is 0. The van der Waals surface area contributed by atoms with E-state index in [9.17, 15) is 27.6 Å². The van der Waals surface area contributed by atoms with Gasteiger partial charge < -0.3 is 20.1 Å². The maximum atomic E-state index is 12.9. The number of esters is 2. The summed E-state index contributed by atoms with van der Waals surface area (Å²) in [6, 6.07) is 5.76. The van der Waals surface area contributed by atoms with Crippen LogP contribution in [0.2, 0.25) is 0 Å². The standard InChI is InChI=1S/C20H17F3N2O5S/c1-2-29-18(27)15-13(24-19(28)25-16(15)14-7-4-8-31-14)10-30-17(26)11-5-3-6-12(9-11)20(21,22)23/h3-9,16H,2,10H2,1H3,(H2,24,25,28). The molecule has 1 aromatic carbocycles. The molecular weight excluding hydrogens is 437 g/mol. The molecule has 1 atom stereocenters. The van der Waals surface area contributed by atoms with Crippen LogP contribution < -0.4 is 10.6 Å². The zero-order valence-electron chi connectivity index (χ0n) is 16.1. The first-order valence-electron chi connectivity index (χ1n) is 9.06. The molecule has 1 unspecified atom stereocenters. The number of urea groups is 1. The minimum atomic E-state index is -4.62. The Kier molecular flexibility index (Phi) is 6.64. The van der Waals surface area contributed by atoms with Gasteiger partial charge in [-0.15, -0.1) is 11.3 Å². The van der Waals surface area contributed by atoms with Crippen molar-refractivity contribution in [2.75, 3.05) is 13.2 Å². The lowest BCUT2D eigenvalue weighted by atomic mass is 10.0. The van der Waals surface area contributed by atoms with E-state index in [4.69, 9.17) is 9.47 Å². The second-order valence-corrected chi connectivity index (χ2v) is 7.29. The number of thiophene rings is 1. The van der Waals surface area contributed by atoms with Crippen LogP contribution in [0.5, 0.6) is 0 Å². The Hall–Kier alpha value is -3.34. The van der Waals surface area contributed by atoms with Crippen LogP contribution in [0.1, 0.15) is 33.8 Å². The molecule has 7 nitrogen and oxygen atoms in total. The average Bonchev–Trinajstić information content (AvgIpc) is 3.26. The minimum Gasteiger partial charge on any atom is -0.463 e.